The van der Waals surface area contributed by atoms with Crippen LogP contribution in [0.25, 0.3) is 0 Å². The first-order chi connectivity index (χ1) is 17.4. The van der Waals surface area contributed by atoms with Crippen LogP contribution in [0.4, 0.5) is 0 Å². The van der Waals surface area contributed by atoms with Crippen LogP contribution in [-0.4, -0.2) is 14.6 Å². The molecule has 0 aliphatic rings. The molecule has 0 fully saturated rings. The molecule has 4 aromatic carbocycles. The molecule has 0 spiro atoms. The van der Waals surface area contributed by atoms with E-state index in [0.717, 1.165) is 47.2 Å². The van der Waals surface area contributed by atoms with Crippen molar-refractivity contribution in [3.05, 3.63) is 121 Å². The molecule has 0 heterocycles. The number of hydrogen-bond acceptors (Lipinski definition) is 3. The van der Waals surface area contributed by atoms with Gasteiger partial charge in [0.1, 0.15) is 0 Å². The summed E-state index contributed by atoms with van der Waals surface area (Å²) in [7, 11) is -4.12. The molecule has 0 saturated carbocycles. The Kier molecular flexibility index (Phi) is 8.10. The van der Waals surface area contributed by atoms with E-state index in [1.54, 1.807) is 12.1 Å². The summed E-state index contributed by atoms with van der Waals surface area (Å²) in [5, 5.41) is 2.77. The molecule has 4 rings (SSSR count). The molecule has 0 aromatic heterocycles. The Morgan fingerprint density at radius 2 is 1.06 bits per heavy atom. The number of unbranched alkanes of at least 4 members (excludes halogenated alkanes) is 3. The van der Waals surface area contributed by atoms with Crippen molar-refractivity contribution in [2.24, 2.45) is 0 Å². The fourth-order valence-electron chi connectivity index (χ4n) is 5.04. The zero-order valence-electron chi connectivity index (χ0n) is 21.1. The Hall–Kier alpha value is -2.78. The average molecular weight is 519 g/mol. The van der Waals surface area contributed by atoms with E-state index in [1.165, 1.54) is 0 Å². The van der Waals surface area contributed by atoms with Crippen LogP contribution in [-0.2, 0) is 14.1 Å². The van der Waals surface area contributed by atoms with Crippen molar-refractivity contribution in [2.45, 2.75) is 44.4 Å². The van der Waals surface area contributed by atoms with Crippen molar-refractivity contribution in [3.63, 3.8) is 0 Å². The average Bonchev–Trinajstić information content (AvgIpc) is 2.92. The summed E-state index contributed by atoms with van der Waals surface area (Å²) in [6, 6.07) is 37.0. The van der Waals surface area contributed by atoms with Crippen LogP contribution in [0.3, 0.4) is 0 Å². The first kappa shape index (κ1) is 26.3. The molecule has 0 amide bonds. The second-order valence-electron chi connectivity index (χ2n) is 9.35. The van der Waals surface area contributed by atoms with Crippen LogP contribution < -0.4 is 15.9 Å². The van der Waals surface area contributed by atoms with Crippen LogP contribution in [0, 0.1) is 6.92 Å². The molecule has 0 bridgehead atoms. The molecule has 0 atom stereocenters. The molecular formula is C31H35O3PS. The maximum atomic E-state index is 14.2. The van der Waals surface area contributed by atoms with Gasteiger partial charge < -0.3 is 0 Å². The van der Waals surface area contributed by atoms with E-state index in [4.69, 9.17) is 3.97 Å². The summed E-state index contributed by atoms with van der Waals surface area (Å²) < 4.78 is 35.2. The number of hydrogen-bond donors (Lipinski definition) is 0. The van der Waals surface area contributed by atoms with Crippen molar-refractivity contribution < 1.29 is 12.4 Å². The van der Waals surface area contributed by atoms with E-state index >= 15 is 0 Å². The zero-order chi connectivity index (χ0) is 25.5. The van der Waals surface area contributed by atoms with Gasteiger partial charge in [-0.15, -0.1) is 0 Å². The molecular weight excluding hydrogens is 483 g/mol. The molecule has 0 N–H and O–H groups in total. The summed E-state index contributed by atoms with van der Waals surface area (Å²) in [5.41, 5.74) is 1.00. The predicted octanol–water partition coefficient (Wildman–Crippen LogP) is 6.73. The fraction of sp³-hybridized carbons (Fsp3) is 0.226. The van der Waals surface area contributed by atoms with Crippen molar-refractivity contribution >= 4 is 32.9 Å². The monoisotopic (exact) mass is 518 g/mol. The van der Waals surface area contributed by atoms with Gasteiger partial charge in [-0.1, -0.05) is 0 Å². The van der Waals surface area contributed by atoms with E-state index in [1.807, 2.05) is 110 Å². The predicted molar refractivity (Wildman–Crippen MR) is 154 cm³/mol. The van der Waals surface area contributed by atoms with Crippen LogP contribution in [0.2, 0.25) is 0 Å². The number of benzene rings is 4. The van der Waals surface area contributed by atoms with Gasteiger partial charge in [0, 0.05) is 0 Å². The van der Waals surface area contributed by atoms with Gasteiger partial charge in [0.05, 0.1) is 0 Å². The summed E-state index contributed by atoms with van der Waals surface area (Å²) in [5.74, 6) is 0. The third kappa shape index (κ3) is 4.91. The van der Waals surface area contributed by atoms with E-state index in [0.29, 0.717) is 6.16 Å². The Bertz CT molecular complexity index is 1250. The van der Waals surface area contributed by atoms with Gasteiger partial charge in [-0.2, -0.15) is 0 Å². The first-order valence-corrected chi connectivity index (χ1v) is 16.4. The van der Waals surface area contributed by atoms with Crippen LogP contribution in [0.5, 0.6) is 0 Å². The Morgan fingerprint density at radius 3 is 1.47 bits per heavy atom. The van der Waals surface area contributed by atoms with Crippen molar-refractivity contribution in [2.75, 3.05) is 6.16 Å². The van der Waals surface area contributed by atoms with Crippen LogP contribution in [0.15, 0.2) is 120 Å². The van der Waals surface area contributed by atoms with E-state index in [9.17, 15) is 8.42 Å². The maximum absolute atomic E-state index is 14.2. The molecule has 0 aliphatic heterocycles. The van der Waals surface area contributed by atoms with Crippen molar-refractivity contribution in [1.29, 1.82) is 0 Å². The zero-order valence-corrected chi connectivity index (χ0v) is 22.8. The minimum atomic E-state index is -4.12. The topological polar surface area (TPSA) is 43.4 Å². The van der Waals surface area contributed by atoms with E-state index < -0.39 is 16.9 Å². The summed E-state index contributed by atoms with van der Waals surface area (Å²) in [6.45, 7) is 0.158. The van der Waals surface area contributed by atoms with Crippen LogP contribution in [0.1, 0.15) is 38.2 Å². The van der Waals surface area contributed by atoms with Gasteiger partial charge in [-0.3, -0.25) is 0 Å². The van der Waals surface area contributed by atoms with Gasteiger partial charge in [-0.05, 0) is 0 Å². The van der Waals surface area contributed by atoms with Crippen molar-refractivity contribution in [1.82, 2.24) is 0 Å². The van der Waals surface area contributed by atoms with Gasteiger partial charge >= 0.3 is 217 Å². The molecule has 0 radical (unpaired) electrons. The van der Waals surface area contributed by atoms with Gasteiger partial charge in [-0.25, -0.2) is 0 Å². The quantitative estimate of drug-likeness (QED) is 0.163. The van der Waals surface area contributed by atoms with E-state index in [-0.39, 0.29) is 4.90 Å². The second-order valence-corrected chi connectivity index (χ2v) is 15.7. The Morgan fingerprint density at radius 1 is 0.611 bits per heavy atom. The van der Waals surface area contributed by atoms with E-state index in [2.05, 4.69) is 6.92 Å². The molecule has 0 unspecified atom stereocenters. The Balaban J connectivity index is 2.09. The first-order valence-electron chi connectivity index (χ1n) is 12.6. The third-order valence-electron chi connectivity index (χ3n) is 6.92. The molecule has 5 heteroatoms. The van der Waals surface area contributed by atoms with Gasteiger partial charge in [0.2, 0.25) is 0 Å². The minimum absolute atomic E-state index is 0.179. The molecule has 0 saturated heterocycles. The second kappa shape index (κ2) is 11.1. The van der Waals surface area contributed by atoms with Gasteiger partial charge in [0.15, 0.2) is 0 Å². The molecule has 4 aromatic rings. The summed E-state index contributed by atoms with van der Waals surface area (Å²) in [6.07, 6.45) is 4.66. The normalized spacial score (nSPS) is 13.1. The Labute approximate surface area is 216 Å². The van der Waals surface area contributed by atoms with Crippen molar-refractivity contribution in [3.8, 4) is 0 Å². The number of rotatable bonds is 11. The SMILES string of the molecule is CCCCCCP(OS(=O)(=O)c1ccc(C)cc1)(c1ccccc1)(c1ccccc1)c1ccccc1. The fourth-order valence-corrected chi connectivity index (χ4v) is 13.8. The van der Waals surface area contributed by atoms with Gasteiger partial charge in [0.25, 0.3) is 0 Å². The summed E-state index contributed by atoms with van der Waals surface area (Å²) in [4.78, 5) is 0.179. The summed E-state index contributed by atoms with van der Waals surface area (Å²) >= 11 is 0. The standard InChI is InChI=1S/C31H35O3PS/c1-3-4-5-15-26-35(28-16-9-6-10-17-28,29-18-11-7-12-19-29,30-20-13-8-14-21-30)34-36(32,33)31-24-22-27(2)23-25-31/h6-14,16-25H,3-5,15,26H2,1-2H3. The molecule has 0 aliphatic carbocycles. The molecule has 188 valence electrons. The molecule has 36 heavy (non-hydrogen) atoms. The molecule has 3 nitrogen and oxygen atoms in total. The van der Waals surface area contributed by atoms with Crippen LogP contribution >= 0.6 is 6.83 Å². The number of aryl methyl sites for hydroxylation is 1. The third-order valence-corrected chi connectivity index (χ3v) is 15.2.